The fraction of sp³-hybridized carbons (Fsp3) is 0.364. The number of anilines is 2. The molecule has 1 saturated carbocycles. The number of benzene rings is 7. The number of sulfonamides is 2. The molecule has 11 aromatic rings. The standard InChI is InChI=1S/C50H48ClN7O7S.C49H54ClN7O7S/c1-50(2)15-13-37(44(27-50)33-7-9-38(51)10-8-33)30-56-17-19-57(20-18-56)39-11-12-42(47(24-39)65-40-23-35-14-16-53-48(35)54-29-40)49(59)55-66(62,63)41-25-45(58(60)61)43-22-32(31-64-46(43)26-41)21-34-5-3-4-6-36(34)28-52;1-49(2)13-11-41(33-4-6-36(50)7-5-33)35(25-49)29-54-15-17-55(18-16-54)38-9-10-42(46(22-38)64-39-21-34-12-14-51-47(34)52-26-39)48(58)53-65(61,62)40-23-44(57(59)60)43-20-32(30-63-45(43)24-40)28-56-27-31-3-8-37(56)19-31/h3-12,14,16,23-26,29,32H,13,15,17-22,27,30-31H2,1-2H3,(H,53,54)(H,55,59);4-7,9-10,12,14,21-24,26,31-32,37H,3,8,11,13,15-20,25,27-30H2,1-2H3,(H,51,52)(H,53,58)/t32-;31-,32+,37+/m10/s1. The Morgan fingerprint density at radius 3 is 1.60 bits per heavy atom. The molecule has 4 atom stereocenters. The van der Waals surface area contributed by atoms with E-state index in [2.05, 4.69) is 112 Å². The van der Waals surface area contributed by atoms with Gasteiger partial charge in [-0.1, -0.05) is 105 Å². The molecule has 0 unspecified atom stereocenters. The summed E-state index contributed by atoms with van der Waals surface area (Å²) < 4.78 is 84.9. The molecule has 2 bridgehead atoms. The van der Waals surface area contributed by atoms with Crippen molar-refractivity contribution in [1.82, 2.24) is 44.1 Å². The van der Waals surface area contributed by atoms with Crippen molar-refractivity contribution in [3.63, 3.8) is 0 Å². The lowest BCUT2D eigenvalue weighted by atomic mass is 9.72. The van der Waals surface area contributed by atoms with Crippen molar-refractivity contribution in [3.8, 4) is 40.6 Å². The van der Waals surface area contributed by atoms with E-state index in [1.807, 2.05) is 48.5 Å². The van der Waals surface area contributed by atoms with Gasteiger partial charge in [-0.2, -0.15) is 5.26 Å². The first-order valence-corrected chi connectivity index (χ1v) is 48.3. The predicted octanol–water partition coefficient (Wildman–Crippen LogP) is 18.3. The minimum atomic E-state index is -4.68. The molecular weight excluding hydrogens is 1740 g/mol. The minimum Gasteiger partial charge on any atom is -0.493 e. The van der Waals surface area contributed by atoms with E-state index < -0.39 is 57.2 Å². The van der Waals surface area contributed by atoms with Gasteiger partial charge in [-0.05, 0) is 200 Å². The van der Waals surface area contributed by atoms with Gasteiger partial charge in [0.1, 0.15) is 45.8 Å². The highest BCUT2D eigenvalue weighted by Gasteiger charge is 2.42. The van der Waals surface area contributed by atoms with Crippen molar-refractivity contribution >= 4 is 111 Å². The number of aromatic amines is 2. The molecule has 4 aromatic heterocycles. The van der Waals surface area contributed by atoms with Gasteiger partial charge in [0.05, 0.1) is 79.1 Å². The van der Waals surface area contributed by atoms with Crippen LogP contribution in [0.15, 0.2) is 203 Å². The lowest BCUT2D eigenvalue weighted by molar-refractivity contribution is -0.386. The predicted molar refractivity (Wildman–Crippen MR) is 503 cm³/mol. The van der Waals surface area contributed by atoms with Crippen molar-refractivity contribution in [2.45, 2.75) is 121 Å². The summed E-state index contributed by atoms with van der Waals surface area (Å²) in [5, 5.41) is 37.4. The molecule has 0 spiro atoms. The normalized spacial score (nSPS) is 19.8. The molecule has 19 rings (SSSR count). The maximum atomic E-state index is 14.1. The van der Waals surface area contributed by atoms with E-state index in [0.29, 0.717) is 72.5 Å². The number of aromatic nitrogens is 4. The second-order valence-corrected chi connectivity index (χ2v) is 41.6. The number of pyridine rings is 2. The number of piperazine rings is 2. The van der Waals surface area contributed by atoms with Crippen molar-refractivity contribution in [1.29, 1.82) is 5.26 Å². The summed E-state index contributed by atoms with van der Waals surface area (Å²) >= 11 is 12.5. The quantitative estimate of drug-likeness (QED) is 0.0322. The van der Waals surface area contributed by atoms with Crippen molar-refractivity contribution in [2.75, 3.05) is 102 Å². The molecule has 28 nitrogen and oxygen atoms in total. The molecule has 3 saturated heterocycles. The smallest absolute Gasteiger partial charge is 0.277 e. The number of ether oxygens (including phenoxy) is 4. The Morgan fingerprint density at radius 2 is 1.08 bits per heavy atom. The van der Waals surface area contributed by atoms with Crippen LogP contribution in [0, 0.1) is 60.1 Å². The molecular formula is C99H102Cl2N14O14S2. The molecule has 32 heteroatoms. The average Bonchev–Trinajstić information content (AvgIpc) is 1.35. The van der Waals surface area contributed by atoms with Gasteiger partial charge in [-0.15, -0.1) is 0 Å². The van der Waals surface area contributed by atoms with Crippen LogP contribution in [-0.4, -0.2) is 171 Å². The van der Waals surface area contributed by atoms with Gasteiger partial charge in [0.2, 0.25) is 0 Å². The number of fused-ring (bicyclic) bond motifs is 6. The van der Waals surface area contributed by atoms with E-state index in [9.17, 15) is 51.9 Å². The summed E-state index contributed by atoms with van der Waals surface area (Å²) in [5.74, 6) is -0.261. The van der Waals surface area contributed by atoms with Gasteiger partial charge >= 0.3 is 0 Å². The Kier molecular flexibility index (Phi) is 25.4. The van der Waals surface area contributed by atoms with E-state index >= 15 is 0 Å². The number of hydrogen-bond donors (Lipinski definition) is 4. The average molecular weight is 1850 g/mol. The van der Waals surface area contributed by atoms with Crippen LogP contribution in [0.1, 0.15) is 140 Å². The molecule has 9 heterocycles. The van der Waals surface area contributed by atoms with Crippen LogP contribution in [0.25, 0.3) is 33.2 Å². The number of allylic oxidation sites excluding steroid dienone is 2. The lowest BCUT2D eigenvalue weighted by Gasteiger charge is -2.39. The number of halogens is 2. The van der Waals surface area contributed by atoms with Gasteiger partial charge in [0.25, 0.3) is 43.2 Å². The number of nitrogens with zero attached hydrogens (tertiary/aromatic N) is 10. The zero-order valence-electron chi connectivity index (χ0n) is 73.3. The fourth-order valence-electron chi connectivity index (χ4n) is 20.1. The number of nitro groups is 2. The number of carbonyl (C=O) groups excluding carboxylic acids is 2. The Hall–Kier alpha value is -12.2. The van der Waals surface area contributed by atoms with E-state index in [1.54, 1.807) is 67.0 Å². The van der Waals surface area contributed by atoms with Gasteiger partial charge in [-0.3, -0.25) is 44.5 Å². The summed E-state index contributed by atoms with van der Waals surface area (Å²) in [7, 11) is -9.29. The third-order valence-corrected chi connectivity index (χ3v) is 30.2. The third-order valence-electron chi connectivity index (χ3n) is 27.1. The maximum Gasteiger partial charge on any atom is 0.277 e. The number of nitro benzene ring substituents is 2. The van der Waals surface area contributed by atoms with E-state index in [1.165, 1.54) is 83.3 Å². The van der Waals surface area contributed by atoms with E-state index in [0.717, 1.165) is 160 Å². The summed E-state index contributed by atoms with van der Waals surface area (Å²) in [6.07, 6.45) is 17.6. The molecule has 3 aliphatic carbocycles. The van der Waals surface area contributed by atoms with Crippen LogP contribution in [0.2, 0.25) is 10.0 Å². The van der Waals surface area contributed by atoms with Gasteiger partial charge in [-0.25, -0.2) is 36.2 Å². The van der Waals surface area contributed by atoms with Crippen LogP contribution in [0.5, 0.6) is 34.5 Å². The third kappa shape index (κ3) is 20.2. The van der Waals surface area contributed by atoms with Crippen molar-refractivity contribution in [2.24, 2.45) is 28.6 Å². The number of piperidine rings is 1. The Balaban J connectivity index is 0.000000176. The molecule has 7 aromatic carbocycles. The van der Waals surface area contributed by atoms with Gasteiger partial charge < -0.3 is 38.7 Å². The SMILES string of the molecule is CC1(C)CCC(CN2CCN(c3ccc(C(=O)NS(=O)(=O)c4cc5c(c([N+](=O)[O-])c4)C[C@@H](Cc4ccccc4C#N)CO5)c(Oc4cnc5[nH]ccc5c4)c3)CC2)=C(c2ccc(Cl)cc2)C1.CC1(C)CCC(c2ccc(Cl)cc2)=C(CN2CCN(c3ccc(C(=O)NS(=O)(=O)c4cc5c(c([N+](=O)[O-])c4)C[C@H](CN4C[C@H]6CC[C@@H]4C6)CO5)c(Oc4cnc5[nH]ccc5c4)c3)CC2)C1. The fourth-order valence-corrected chi connectivity index (χ4v) is 22.4. The number of likely N-dealkylation sites (tertiary alicyclic amines) is 1. The molecule has 131 heavy (non-hydrogen) atoms. The van der Waals surface area contributed by atoms with Crippen LogP contribution in [0.4, 0.5) is 22.7 Å². The number of nitrogens with one attached hydrogen (secondary N) is 4. The molecule has 5 aliphatic heterocycles. The highest BCUT2D eigenvalue weighted by Crippen LogP contribution is 2.48. The zero-order chi connectivity index (χ0) is 91.2. The summed E-state index contributed by atoms with van der Waals surface area (Å²) in [4.78, 5) is 77.7. The first-order chi connectivity index (χ1) is 62.9. The molecule has 4 N–H and O–H groups in total. The number of amides is 2. The van der Waals surface area contributed by atoms with Crippen LogP contribution < -0.4 is 38.2 Å². The number of rotatable bonds is 24. The largest absolute Gasteiger partial charge is 0.493 e. The monoisotopic (exact) mass is 1840 g/mol. The molecule has 2 amide bonds. The van der Waals surface area contributed by atoms with E-state index in [4.69, 9.17) is 42.1 Å². The second kappa shape index (κ2) is 37.2. The van der Waals surface area contributed by atoms with Crippen LogP contribution >= 0.6 is 23.2 Å². The Labute approximate surface area is 770 Å². The first-order valence-electron chi connectivity index (χ1n) is 44.6. The number of nitriles is 1. The van der Waals surface area contributed by atoms with Gasteiger partial charge in [0.15, 0.2) is 0 Å². The summed E-state index contributed by atoms with van der Waals surface area (Å²) in [5.41, 5.74) is 12.6. The molecule has 4 fully saturated rings. The zero-order valence-corrected chi connectivity index (χ0v) is 76.4. The molecule has 678 valence electrons. The minimum absolute atomic E-state index is 0.0335. The van der Waals surface area contributed by atoms with Crippen LogP contribution in [0.3, 0.4) is 0 Å². The summed E-state index contributed by atoms with van der Waals surface area (Å²) in [6, 6.07) is 48.0. The topological polar surface area (TPSA) is 347 Å². The lowest BCUT2D eigenvalue weighted by Crippen LogP contribution is -2.47. The number of carbonyl (C=O) groups is 2. The Bertz CT molecular complexity index is 6640. The van der Waals surface area contributed by atoms with Crippen molar-refractivity contribution < 1.29 is 55.2 Å². The maximum absolute atomic E-state index is 14.1. The van der Waals surface area contributed by atoms with Crippen LogP contribution in [-0.2, 0) is 39.3 Å². The summed E-state index contributed by atoms with van der Waals surface area (Å²) in [6.45, 7) is 19.5. The molecule has 0 radical (unpaired) electrons. The highest BCUT2D eigenvalue weighted by molar-refractivity contribution is 7.90. The second-order valence-electron chi connectivity index (χ2n) is 37.4. The first kappa shape index (κ1) is 89.4. The Morgan fingerprint density at radius 1 is 0.588 bits per heavy atom. The number of hydrogen-bond acceptors (Lipinski definition) is 22. The van der Waals surface area contributed by atoms with Crippen molar-refractivity contribution in [3.05, 3.63) is 268 Å². The van der Waals surface area contributed by atoms with Gasteiger partial charge in [0, 0.05) is 177 Å². The van der Waals surface area contributed by atoms with E-state index in [-0.39, 0.29) is 81.1 Å². The number of H-pyrrole nitrogens is 2. The highest BCUT2D eigenvalue weighted by atomic mass is 35.5. The molecule has 8 aliphatic rings.